The van der Waals surface area contributed by atoms with E-state index in [0.717, 1.165) is 4.90 Å². The van der Waals surface area contributed by atoms with Crippen molar-refractivity contribution in [3.8, 4) is 11.5 Å². The lowest BCUT2D eigenvalue weighted by Gasteiger charge is -2.14. The third-order valence-electron chi connectivity index (χ3n) is 6.46. The molecule has 230 valence electrons. The summed E-state index contributed by atoms with van der Waals surface area (Å²) in [6, 6.07) is 26.6. The number of hydrogen-bond donors (Lipinski definition) is 4. The van der Waals surface area contributed by atoms with E-state index in [2.05, 4.69) is 16.0 Å². The molecular weight excluding hydrogens is 594 g/mol. The molecule has 4 rings (SSSR count). The highest BCUT2D eigenvalue weighted by atomic mass is 32.2. The van der Waals surface area contributed by atoms with Crippen molar-refractivity contribution in [3.63, 3.8) is 0 Å². The fourth-order valence-corrected chi connectivity index (χ4v) is 5.00. The van der Waals surface area contributed by atoms with Gasteiger partial charge in [0.25, 0.3) is 11.8 Å². The molecule has 0 spiro atoms. The average molecular weight is 626 g/mol. The van der Waals surface area contributed by atoms with Gasteiger partial charge in [0.1, 0.15) is 5.70 Å². The van der Waals surface area contributed by atoms with Crippen LogP contribution in [-0.2, 0) is 9.59 Å². The third kappa shape index (κ3) is 8.74. The monoisotopic (exact) mass is 625 g/mol. The van der Waals surface area contributed by atoms with E-state index in [1.165, 1.54) is 56.3 Å². The van der Waals surface area contributed by atoms with Gasteiger partial charge in [-0.05, 0) is 79.7 Å². The Balaban J connectivity index is 1.47. The molecule has 11 heteroatoms. The number of carboxylic acids is 1. The molecule has 0 fully saturated rings. The molecule has 45 heavy (non-hydrogen) atoms. The number of benzene rings is 4. The lowest BCUT2D eigenvalue weighted by molar-refractivity contribution is -0.115. The summed E-state index contributed by atoms with van der Waals surface area (Å²) in [4.78, 5) is 51.0. The number of hydrogen-bond acceptors (Lipinski definition) is 7. The number of nitrogens with one attached hydrogen (secondary N) is 3. The maximum atomic E-state index is 13.5. The molecule has 0 radical (unpaired) electrons. The largest absolute Gasteiger partial charge is 0.493 e. The van der Waals surface area contributed by atoms with E-state index in [1.807, 2.05) is 0 Å². The zero-order valence-corrected chi connectivity index (χ0v) is 25.5. The number of carbonyl (C=O) groups is 4. The molecule has 0 bridgehead atoms. The Kier molecular flexibility index (Phi) is 11.0. The average Bonchev–Trinajstić information content (AvgIpc) is 3.05. The minimum absolute atomic E-state index is 0.0180. The van der Waals surface area contributed by atoms with E-state index < -0.39 is 23.0 Å². The SMILES string of the molecule is COc1cccc(/C=C(\NC(=O)c2ccccc2)C(=O)Nc2ccc(SC(C)C(=O)Nc3ccc(C(=O)O)cc3)cc2)c1OC. The van der Waals surface area contributed by atoms with E-state index in [9.17, 15) is 19.2 Å². The van der Waals surface area contributed by atoms with Gasteiger partial charge in [-0.15, -0.1) is 11.8 Å². The first-order valence-electron chi connectivity index (χ1n) is 13.7. The number of ether oxygens (including phenoxy) is 2. The number of anilines is 2. The Hall–Kier alpha value is -5.55. The Bertz CT molecular complexity index is 1710. The summed E-state index contributed by atoms with van der Waals surface area (Å²) < 4.78 is 10.9. The summed E-state index contributed by atoms with van der Waals surface area (Å²) in [6.45, 7) is 1.75. The van der Waals surface area contributed by atoms with Crippen LogP contribution in [0.25, 0.3) is 6.08 Å². The van der Waals surface area contributed by atoms with Crippen molar-refractivity contribution in [2.75, 3.05) is 24.9 Å². The number of thioether (sulfide) groups is 1. The Labute approximate surface area is 264 Å². The Morgan fingerprint density at radius 3 is 2.02 bits per heavy atom. The van der Waals surface area contributed by atoms with Crippen LogP contribution in [0.4, 0.5) is 11.4 Å². The van der Waals surface area contributed by atoms with Gasteiger partial charge in [0.15, 0.2) is 11.5 Å². The van der Waals surface area contributed by atoms with E-state index in [-0.39, 0.29) is 17.2 Å². The maximum absolute atomic E-state index is 13.5. The summed E-state index contributed by atoms with van der Waals surface area (Å²) in [6.07, 6.45) is 1.51. The van der Waals surface area contributed by atoms with E-state index >= 15 is 0 Å². The van der Waals surface area contributed by atoms with Gasteiger partial charge in [0, 0.05) is 27.4 Å². The number of rotatable bonds is 12. The number of carboxylic acid groups (broad SMARTS) is 1. The molecule has 3 amide bonds. The van der Waals surface area contributed by atoms with Gasteiger partial charge < -0.3 is 30.5 Å². The molecule has 0 aliphatic rings. The topological polar surface area (TPSA) is 143 Å². The molecule has 0 aliphatic carbocycles. The lowest BCUT2D eigenvalue weighted by atomic mass is 10.1. The zero-order valence-electron chi connectivity index (χ0n) is 24.7. The van der Waals surface area contributed by atoms with Crippen molar-refractivity contribution < 1.29 is 33.8 Å². The number of aromatic carboxylic acids is 1. The first kappa shape index (κ1) is 32.4. The van der Waals surface area contributed by atoms with Crippen LogP contribution < -0.4 is 25.4 Å². The fraction of sp³-hybridized carbons (Fsp3) is 0.118. The van der Waals surface area contributed by atoms with E-state index in [1.54, 1.807) is 79.7 Å². The van der Waals surface area contributed by atoms with Gasteiger partial charge in [0.2, 0.25) is 5.91 Å². The smallest absolute Gasteiger partial charge is 0.335 e. The van der Waals surface area contributed by atoms with Crippen molar-refractivity contribution in [1.29, 1.82) is 0 Å². The van der Waals surface area contributed by atoms with Crippen LogP contribution in [0.15, 0.2) is 108 Å². The van der Waals surface area contributed by atoms with Gasteiger partial charge in [-0.3, -0.25) is 14.4 Å². The molecule has 1 unspecified atom stereocenters. The number of methoxy groups -OCH3 is 2. The van der Waals surface area contributed by atoms with Crippen molar-refractivity contribution in [3.05, 3.63) is 119 Å². The van der Waals surface area contributed by atoms with Gasteiger partial charge in [0.05, 0.1) is 25.0 Å². The van der Waals surface area contributed by atoms with Crippen LogP contribution >= 0.6 is 11.8 Å². The molecular formula is C34H31N3O7S. The summed E-state index contributed by atoms with van der Waals surface area (Å²) in [5, 5.41) is 16.9. The molecule has 4 N–H and O–H groups in total. The highest BCUT2D eigenvalue weighted by Crippen LogP contribution is 2.32. The van der Waals surface area contributed by atoms with Gasteiger partial charge in [-0.25, -0.2) is 4.79 Å². The highest BCUT2D eigenvalue weighted by molar-refractivity contribution is 8.00. The normalized spacial score (nSPS) is 11.6. The van der Waals surface area contributed by atoms with E-state index in [0.29, 0.717) is 34.0 Å². The molecule has 0 aliphatic heterocycles. The molecule has 4 aromatic carbocycles. The summed E-state index contributed by atoms with van der Waals surface area (Å²) in [7, 11) is 2.99. The number of amides is 3. The molecule has 0 aromatic heterocycles. The second kappa shape index (κ2) is 15.3. The minimum Gasteiger partial charge on any atom is -0.493 e. The molecule has 0 saturated carbocycles. The molecule has 0 heterocycles. The van der Waals surface area contributed by atoms with Crippen LogP contribution in [0, 0.1) is 0 Å². The lowest BCUT2D eigenvalue weighted by Crippen LogP contribution is -2.30. The second-order valence-corrected chi connectivity index (χ2v) is 11.0. The first-order valence-corrected chi connectivity index (χ1v) is 14.6. The standard InChI is InChI=1S/C34H31N3O7S/c1-21(31(38)35-25-14-12-23(13-15-25)34(41)42)45-27-18-16-26(17-19-27)36-33(40)28(37-32(39)22-8-5-4-6-9-22)20-24-10-7-11-29(43-2)30(24)44-3/h4-21H,1-3H3,(H,35,38)(H,36,40)(H,37,39)(H,41,42)/b28-20-. The summed E-state index contributed by atoms with van der Waals surface area (Å²) in [5.41, 5.74) is 1.97. The number of para-hydroxylation sites is 1. The van der Waals surface area contributed by atoms with Crippen LogP contribution in [0.5, 0.6) is 11.5 Å². The molecule has 0 saturated heterocycles. The van der Waals surface area contributed by atoms with Crippen LogP contribution in [-0.4, -0.2) is 48.3 Å². The maximum Gasteiger partial charge on any atom is 0.335 e. The number of carbonyl (C=O) groups excluding carboxylic acids is 3. The Morgan fingerprint density at radius 1 is 0.756 bits per heavy atom. The van der Waals surface area contributed by atoms with Crippen molar-refractivity contribution in [1.82, 2.24) is 5.32 Å². The van der Waals surface area contributed by atoms with Crippen molar-refractivity contribution in [2.45, 2.75) is 17.1 Å². The molecule has 10 nitrogen and oxygen atoms in total. The van der Waals surface area contributed by atoms with Gasteiger partial charge in [-0.1, -0.05) is 30.3 Å². The fourth-order valence-electron chi connectivity index (χ4n) is 4.14. The predicted molar refractivity (Wildman–Crippen MR) is 174 cm³/mol. The molecule has 1 atom stereocenters. The molecule has 4 aromatic rings. The Morgan fingerprint density at radius 2 is 1.40 bits per heavy atom. The zero-order chi connectivity index (χ0) is 32.3. The third-order valence-corrected chi connectivity index (χ3v) is 7.57. The van der Waals surface area contributed by atoms with Crippen LogP contribution in [0.3, 0.4) is 0 Å². The summed E-state index contributed by atoms with van der Waals surface area (Å²) in [5.74, 6) is -1.46. The van der Waals surface area contributed by atoms with Crippen LogP contribution in [0.2, 0.25) is 0 Å². The van der Waals surface area contributed by atoms with Gasteiger partial charge >= 0.3 is 5.97 Å². The van der Waals surface area contributed by atoms with Crippen molar-refractivity contribution in [2.24, 2.45) is 0 Å². The highest BCUT2D eigenvalue weighted by Gasteiger charge is 2.18. The van der Waals surface area contributed by atoms with Gasteiger partial charge in [-0.2, -0.15) is 0 Å². The van der Waals surface area contributed by atoms with E-state index in [4.69, 9.17) is 14.6 Å². The second-order valence-electron chi connectivity index (χ2n) is 9.57. The summed E-state index contributed by atoms with van der Waals surface area (Å²) >= 11 is 1.32. The van der Waals surface area contributed by atoms with Crippen molar-refractivity contribution >= 4 is 52.9 Å². The predicted octanol–water partition coefficient (Wildman–Crippen LogP) is 5.93. The minimum atomic E-state index is -1.04. The van der Waals surface area contributed by atoms with Crippen LogP contribution in [0.1, 0.15) is 33.2 Å². The first-order chi connectivity index (χ1) is 21.7. The quantitative estimate of drug-likeness (QED) is 0.112.